The summed E-state index contributed by atoms with van der Waals surface area (Å²) in [6.07, 6.45) is 1.08. The lowest BCUT2D eigenvalue weighted by molar-refractivity contribution is -0.383. The summed E-state index contributed by atoms with van der Waals surface area (Å²) >= 11 is 0. The van der Waals surface area contributed by atoms with Crippen LogP contribution in [0.4, 0.5) is 27.4 Å². The van der Waals surface area contributed by atoms with E-state index in [2.05, 4.69) is 20.7 Å². The number of nitrogens with one attached hydrogen (secondary N) is 2. The van der Waals surface area contributed by atoms with Crippen LogP contribution in [0.5, 0.6) is 0 Å². The summed E-state index contributed by atoms with van der Waals surface area (Å²) in [7, 11) is 0. The van der Waals surface area contributed by atoms with Crippen LogP contribution >= 0.6 is 0 Å². The van der Waals surface area contributed by atoms with E-state index >= 15 is 0 Å². The summed E-state index contributed by atoms with van der Waals surface area (Å²) in [5, 5.41) is 13.7. The molecule has 0 atom stereocenters. The molecule has 8 nitrogen and oxygen atoms in total. The lowest BCUT2D eigenvalue weighted by Gasteiger charge is -2.10. The van der Waals surface area contributed by atoms with Crippen LogP contribution < -0.4 is 16.6 Å². The molecule has 0 saturated carbocycles. The molecule has 20 heavy (non-hydrogen) atoms. The Morgan fingerprint density at radius 1 is 1.35 bits per heavy atom. The molecule has 0 saturated heterocycles. The van der Waals surface area contributed by atoms with E-state index in [0.717, 1.165) is 6.33 Å². The highest BCUT2D eigenvalue weighted by molar-refractivity contribution is 5.74. The second-order valence-electron chi connectivity index (χ2n) is 3.88. The van der Waals surface area contributed by atoms with Crippen molar-refractivity contribution in [3.05, 3.63) is 46.0 Å². The smallest absolute Gasteiger partial charge is 0.332 e. The first-order chi connectivity index (χ1) is 9.54. The molecule has 0 amide bonds. The van der Waals surface area contributed by atoms with E-state index in [1.165, 1.54) is 12.1 Å². The largest absolute Gasteiger partial charge is 0.354 e. The predicted molar refractivity (Wildman–Crippen MR) is 70.9 cm³/mol. The van der Waals surface area contributed by atoms with Gasteiger partial charge in [-0.25, -0.2) is 20.2 Å². The molecule has 1 aromatic heterocycles. The van der Waals surface area contributed by atoms with E-state index in [0.29, 0.717) is 5.56 Å². The SMILES string of the molecule is Cc1cccc(F)c1Nc1ncnc(NN)c1[N+](=O)[O-]. The van der Waals surface area contributed by atoms with Crippen LogP contribution in [0.2, 0.25) is 0 Å². The molecule has 0 aliphatic heterocycles. The number of hydrogen-bond acceptors (Lipinski definition) is 7. The van der Waals surface area contributed by atoms with Gasteiger partial charge in [0.2, 0.25) is 11.6 Å². The van der Waals surface area contributed by atoms with E-state index in [-0.39, 0.29) is 17.3 Å². The molecule has 104 valence electrons. The number of nitro groups is 1. The van der Waals surface area contributed by atoms with Crippen LogP contribution in [0.15, 0.2) is 24.5 Å². The Morgan fingerprint density at radius 3 is 2.65 bits per heavy atom. The van der Waals surface area contributed by atoms with Crippen LogP contribution in [0.3, 0.4) is 0 Å². The fraction of sp³-hybridized carbons (Fsp3) is 0.0909. The van der Waals surface area contributed by atoms with Gasteiger partial charge in [0.25, 0.3) is 0 Å². The third kappa shape index (κ3) is 2.47. The van der Waals surface area contributed by atoms with Crippen LogP contribution in [-0.4, -0.2) is 14.9 Å². The zero-order valence-corrected chi connectivity index (χ0v) is 10.4. The minimum absolute atomic E-state index is 0.109. The second kappa shape index (κ2) is 5.45. The molecular weight excluding hydrogens is 267 g/mol. The van der Waals surface area contributed by atoms with Crippen LogP contribution in [0, 0.1) is 22.9 Å². The summed E-state index contributed by atoms with van der Waals surface area (Å²) in [6.45, 7) is 1.67. The number of anilines is 3. The average Bonchev–Trinajstić information content (AvgIpc) is 2.42. The molecular formula is C11H11FN6O2. The van der Waals surface area contributed by atoms with Crippen molar-refractivity contribution in [3.63, 3.8) is 0 Å². The topological polar surface area (TPSA) is 119 Å². The molecule has 2 aromatic rings. The van der Waals surface area contributed by atoms with Gasteiger partial charge in [-0.3, -0.25) is 10.1 Å². The van der Waals surface area contributed by atoms with E-state index in [1.807, 2.05) is 0 Å². The van der Waals surface area contributed by atoms with Crippen LogP contribution in [-0.2, 0) is 0 Å². The Labute approximate surface area is 113 Å². The van der Waals surface area contributed by atoms with Gasteiger partial charge in [-0.1, -0.05) is 12.1 Å². The lowest BCUT2D eigenvalue weighted by atomic mass is 10.2. The van der Waals surface area contributed by atoms with Crippen molar-refractivity contribution >= 4 is 23.0 Å². The van der Waals surface area contributed by atoms with Crippen LogP contribution in [0.1, 0.15) is 5.56 Å². The highest BCUT2D eigenvalue weighted by atomic mass is 19.1. The van der Waals surface area contributed by atoms with Gasteiger partial charge in [-0.2, -0.15) is 0 Å². The van der Waals surface area contributed by atoms with Crippen molar-refractivity contribution in [2.75, 3.05) is 10.7 Å². The normalized spacial score (nSPS) is 10.2. The Balaban J connectivity index is 2.51. The van der Waals surface area contributed by atoms with E-state index in [1.54, 1.807) is 13.0 Å². The minimum atomic E-state index is -0.701. The Hall–Kier alpha value is -2.81. The fourth-order valence-electron chi connectivity index (χ4n) is 1.66. The number of rotatable bonds is 4. The van der Waals surface area contributed by atoms with Crippen molar-refractivity contribution in [1.82, 2.24) is 9.97 Å². The molecule has 0 aliphatic rings. The Bertz CT molecular complexity index is 643. The third-order valence-electron chi connectivity index (χ3n) is 2.61. The van der Waals surface area contributed by atoms with Gasteiger partial charge in [-0.05, 0) is 18.6 Å². The molecule has 0 radical (unpaired) electrons. The number of nitrogens with two attached hydrogens (primary N) is 1. The molecule has 0 fully saturated rings. The van der Waals surface area contributed by atoms with Crippen molar-refractivity contribution in [3.8, 4) is 0 Å². The number of nitrogen functional groups attached to an aromatic ring is 1. The minimum Gasteiger partial charge on any atom is -0.332 e. The first kappa shape index (κ1) is 13.6. The number of hydrazine groups is 1. The first-order valence-corrected chi connectivity index (χ1v) is 5.52. The summed E-state index contributed by atoms with van der Waals surface area (Å²) in [4.78, 5) is 17.8. The maximum absolute atomic E-state index is 13.7. The van der Waals surface area contributed by atoms with Gasteiger partial charge in [0.1, 0.15) is 12.1 Å². The number of halogens is 1. The first-order valence-electron chi connectivity index (χ1n) is 5.52. The van der Waals surface area contributed by atoms with Crippen molar-refractivity contribution in [2.45, 2.75) is 6.92 Å². The lowest BCUT2D eigenvalue weighted by Crippen LogP contribution is -2.13. The molecule has 0 unspecified atom stereocenters. The van der Waals surface area contributed by atoms with Gasteiger partial charge in [-0.15, -0.1) is 0 Å². The van der Waals surface area contributed by atoms with Gasteiger partial charge >= 0.3 is 5.69 Å². The number of aryl methyl sites for hydroxylation is 1. The van der Waals surface area contributed by atoms with Gasteiger partial charge in [0.15, 0.2) is 0 Å². The van der Waals surface area contributed by atoms with Gasteiger partial charge in [0, 0.05) is 0 Å². The van der Waals surface area contributed by atoms with Crippen molar-refractivity contribution < 1.29 is 9.31 Å². The van der Waals surface area contributed by atoms with Gasteiger partial charge < -0.3 is 10.7 Å². The van der Waals surface area contributed by atoms with E-state index in [4.69, 9.17) is 5.84 Å². The number of aromatic nitrogens is 2. The molecule has 0 bridgehead atoms. The average molecular weight is 278 g/mol. The quantitative estimate of drug-likeness (QED) is 0.443. The molecule has 4 N–H and O–H groups in total. The van der Waals surface area contributed by atoms with Crippen molar-refractivity contribution in [2.24, 2.45) is 5.84 Å². The Kier molecular flexibility index (Phi) is 3.71. The predicted octanol–water partition coefficient (Wildman–Crippen LogP) is 1.86. The second-order valence-corrected chi connectivity index (χ2v) is 3.88. The molecule has 0 aliphatic carbocycles. The monoisotopic (exact) mass is 278 g/mol. The standard InChI is InChI=1S/C11H11FN6O2/c1-6-3-2-4-7(12)8(6)16-10-9(18(19)20)11(17-13)15-5-14-10/h2-5H,13H2,1H3,(H2,14,15,16,17). The Morgan fingerprint density at radius 2 is 2.05 bits per heavy atom. The molecule has 0 spiro atoms. The number of benzene rings is 1. The zero-order valence-electron chi connectivity index (χ0n) is 10.4. The van der Waals surface area contributed by atoms with Crippen LogP contribution in [0.25, 0.3) is 0 Å². The summed E-state index contributed by atoms with van der Waals surface area (Å²) < 4.78 is 13.7. The highest BCUT2D eigenvalue weighted by Gasteiger charge is 2.23. The summed E-state index contributed by atoms with van der Waals surface area (Å²) in [5.41, 5.74) is 2.34. The molecule has 1 heterocycles. The summed E-state index contributed by atoms with van der Waals surface area (Å²) in [5.74, 6) is 4.31. The maximum atomic E-state index is 13.7. The fourth-order valence-corrected chi connectivity index (χ4v) is 1.66. The number of hydrogen-bond donors (Lipinski definition) is 3. The van der Waals surface area contributed by atoms with E-state index in [9.17, 15) is 14.5 Å². The summed E-state index contributed by atoms with van der Waals surface area (Å²) in [6, 6.07) is 4.45. The van der Waals surface area contributed by atoms with Gasteiger partial charge in [0.05, 0.1) is 10.6 Å². The zero-order chi connectivity index (χ0) is 14.7. The molecule has 2 rings (SSSR count). The number of para-hydroxylation sites is 1. The molecule has 9 heteroatoms. The molecule has 1 aromatic carbocycles. The maximum Gasteiger partial charge on any atom is 0.354 e. The number of nitrogens with zero attached hydrogens (tertiary/aromatic N) is 3. The highest BCUT2D eigenvalue weighted by Crippen LogP contribution is 2.32. The van der Waals surface area contributed by atoms with E-state index < -0.39 is 16.4 Å². The third-order valence-corrected chi connectivity index (χ3v) is 2.61. The van der Waals surface area contributed by atoms with Crippen molar-refractivity contribution in [1.29, 1.82) is 0 Å².